The molecule has 0 N–H and O–H groups in total. The molecule has 4 atom stereocenters. The number of hydrogen-bond acceptors (Lipinski definition) is 8. The maximum absolute atomic E-state index is 12.2. The Morgan fingerprint density at radius 3 is 2.11 bits per heavy atom. The molecule has 2 rings (SSSR count). The summed E-state index contributed by atoms with van der Waals surface area (Å²) in [5.41, 5.74) is 0. The van der Waals surface area contributed by atoms with E-state index in [1.807, 2.05) is 0 Å². The zero-order valence-electron chi connectivity index (χ0n) is 10.3. The van der Waals surface area contributed by atoms with E-state index in [1.54, 1.807) is 13.8 Å². The van der Waals surface area contributed by atoms with Gasteiger partial charge in [-0.3, -0.25) is 8.98 Å². The lowest BCUT2D eigenvalue weighted by atomic mass is 9.93. The fourth-order valence-electron chi connectivity index (χ4n) is 2.05. The lowest BCUT2D eigenvalue weighted by molar-refractivity contribution is -0.138. The van der Waals surface area contributed by atoms with Gasteiger partial charge in [-0.15, -0.1) is 0 Å². The molecule has 0 amide bonds. The molecule has 4 unspecified atom stereocenters. The molecule has 0 radical (unpaired) electrons. The van der Waals surface area contributed by atoms with Gasteiger partial charge in [0.2, 0.25) is 0 Å². The van der Waals surface area contributed by atoms with Crippen LogP contribution in [-0.2, 0) is 37.9 Å². The summed E-state index contributed by atoms with van der Waals surface area (Å²) in [6, 6.07) is 0. The van der Waals surface area contributed by atoms with Gasteiger partial charge in [0.1, 0.15) is 12.2 Å². The van der Waals surface area contributed by atoms with Crippen molar-refractivity contribution in [2.24, 2.45) is 11.8 Å². The maximum atomic E-state index is 12.2. The second-order valence-corrected chi connectivity index (χ2v) is 7.69. The first-order valence-corrected chi connectivity index (χ1v) is 8.55. The van der Waals surface area contributed by atoms with E-state index in [2.05, 4.69) is 8.37 Å². The highest BCUT2D eigenvalue weighted by Crippen LogP contribution is 2.29. The minimum absolute atomic E-state index is 0.188. The topological polar surface area (TPSA) is 113 Å². The SMILES string of the molecule is CC1CS(=O)(=O)OC1C(=O)C1OS(=O)(=O)OCC1C. The Morgan fingerprint density at radius 2 is 1.58 bits per heavy atom. The number of Topliss-reactive ketones (excluding diaryl/α,β-unsaturated/α-hetero) is 1. The molecule has 10 heteroatoms. The van der Waals surface area contributed by atoms with E-state index < -0.39 is 50.3 Å². The molecule has 2 aliphatic heterocycles. The van der Waals surface area contributed by atoms with Gasteiger partial charge >= 0.3 is 10.4 Å². The zero-order chi connectivity index (χ0) is 14.4. The van der Waals surface area contributed by atoms with Crippen LogP contribution in [0.2, 0.25) is 0 Å². The fourth-order valence-corrected chi connectivity index (χ4v) is 4.52. The maximum Gasteiger partial charge on any atom is 0.400 e. The molecular formula is C9H14O8S2. The van der Waals surface area contributed by atoms with E-state index in [4.69, 9.17) is 4.18 Å². The van der Waals surface area contributed by atoms with Crippen LogP contribution in [0.15, 0.2) is 0 Å². The van der Waals surface area contributed by atoms with Gasteiger partial charge in [-0.25, -0.2) is 8.37 Å². The molecule has 0 aromatic heterocycles. The lowest BCUT2D eigenvalue weighted by Gasteiger charge is -2.28. The molecule has 2 fully saturated rings. The molecular weight excluding hydrogens is 300 g/mol. The number of carbonyl (C=O) groups is 1. The van der Waals surface area contributed by atoms with E-state index in [1.165, 1.54) is 0 Å². The molecule has 19 heavy (non-hydrogen) atoms. The molecule has 0 aromatic carbocycles. The van der Waals surface area contributed by atoms with Gasteiger partial charge in [0.05, 0.1) is 12.4 Å². The summed E-state index contributed by atoms with van der Waals surface area (Å²) in [6.45, 7) is 2.93. The first kappa shape index (κ1) is 14.9. The quantitative estimate of drug-likeness (QED) is 0.610. The van der Waals surface area contributed by atoms with E-state index in [0.717, 1.165) is 0 Å². The monoisotopic (exact) mass is 314 g/mol. The third-order valence-corrected chi connectivity index (χ3v) is 5.31. The average Bonchev–Trinajstić information content (AvgIpc) is 2.55. The summed E-state index contributed by atoms with van der Waals surface area (Å²) in [7, 11) is -7.94. The first-order chi connectivity index (χ1) is 8.61. The summed E-state index contributed by atoms with van der Waals surface area (Å²) in [6.07, 6.45) is -2.48. The molecule has 0 saturated carbocycles. The van der Waals surface area contributed by atoms with E-state index in [9.17, 15) is 21.6 Å². The molecule has 2 saturated heterocycles. The van der Waals surface area contributed by atoms with Crippen LogP contribution in [0.1, 0.15) is 13.8 Å². The van der Waals surface area contributed by atoms with Crippen molar-refractivity contribution < 1.29 is 34.2 Å². The van der Waals surface area contributed by atoms with Crippen molar-refractivity contribution in [3.05, 3.63) is 0 Å². The Hall–Kier alpha value is -0.550. The van der Waals surface area contributed by atoms with Crippen molar-refractivity contribution in [3.63, 3.8) is 0 Å². The van der Waals surface area contributed by atoms with E-state index >= 15 is 0 Å². The van der Waals surface area contributed by atoms with Gasteiger partial charge in [0.25, 0.3) is 10.1 Å². The number of carbonyl (C=O) groups excluding carboxylic acids is 1. The lowest BCUT2D eigenvalue weighted by Crippen LogP contribution is -2.46. The largest absolute Gasteiger partial charge is 0.400 e. The molecule has 0 aliphatic carbocycles. The zero-order valence-corrected chi connectivity index (χ0v) is 11.9. The van der Waals surface area contributed by atoms with Crippen molar-refractivity contribution >= 4 is 26.3 Å². The molecule has 2 heterocycles. The van der Waals surface area contributed by atoms with Gasteiger partial charge in [-0.05, 0) is 0 Å². The van der Waals surface area contributed by atoms with Crippen LogP contribution in [0.3, 0.4) is 0 Å². The number of ketones is 1. The number of hydrogen-bond donors (Lipinski definition) is 0. The van der Waals surface area contributed by atoms with Crippen LogP contribution in [0.25, 0.3) is 0 Å². The molecule has 0 bridgehead atoms. The van der Waals surface area contributed by atoms with Crippen LogP contribution < -0.4 is 0 Å². The van der Waals surface area contributed by atoms with Crippen LogP contribution in [0, 0.1) is 11.8 Å². The first-order valence-electron chi connectivity index (χ1n) is 5.63. The van der Waals surface area contributed by atoms with E-state index in [0.29, 0.717) is 0 Å². The van der Waals surface area contributed by atoms with Crippen LogP contribution in [0.5, 0.6) is 0 Å². The molecule has 110 valence electrons. The van der Waals surface area contributed by atoms with Crippen LogP contribution >= 0.6 is 0 Å². The second kappa shape index (κ2) is 4.77. The van der Waals surface area contributed by atoms with Gasteiger partial charge in [-0.2, -0.15) is 16.8 Å². The van der Waals surface area contributed by atoms with E-state index in [-0.39, 0.29) is 12.4 Å². The van der Waals surface area contributed by atoms with Crippen LogP contribution in [0.4, 0.5) is 0 Å². The Kier molecular flexibility index (Phi) is 3.73. The summed E-state index contributed by atoms with van der Waals surface area (Å²) in [5.74, 6) is -2.00. The summed E-state index contributed by atoms with van der Waals surface area (Å²) in [4.78, 5) is 12.2. The molecule has 0 aromatic rings. The highest BCUT2D eigenvalue weighted by molar-refractivity contribution is 7.87. The summed E-state index contributed by atoms with van der Waals surface area (Å²) in [5, 5.41) is 0. The predicted octanol–water partition coefficient (Wildman–Crippen LogP) is -0.783. The van der Waals surface area contributed by atoms with Gasteiger partial charge in [0, 0.05) is 11.8 Å². The van der Waals surface area contributed by atoms with Crippen LogP contribution in [-0.4, -0.2) is 47.2 Å². The van der Waals surface area contributed by atoms with Crippen molar-refractivity contribution in [3.8, 4) is 0 Å². The van der Waals surface area contributed by atoms with Crippen molar-refractivity contribution in [1.82, 2.24) is 0 Å². The normalized spacial score (nSPS) is 40.9. The van der Waals surface area contributed by atoms with Crippen molar-refractivity contribution in [2.75, 3.05) is 12.4 Å². The van der Waals surface area contributed by atoms with Crippen molar-refractivity contribution in [2.45, 2.75) is 26.1 Å². The highest BCUT2D eigenvalue weighted by atomic mass is 32.3. The number of rotatable bonds is 2. The minimum atomic E-state index is -4.21. The average molecular weight is 314 g/mol. The molecule has 2 aliphatic rings. The summed E-state index contributed by atoms with van der Waals surface area (Å²) >= 11 is 0. The van der Waals surface area contributed by atoms with Gasteiger partial charge in [0.15, 0.2) is 5.78 Å². The third kappa shape index (κ3) is 3.14. The summed E-state index contributed by atoms with van der Waals surface area (Å²) < 4.78 is 58.7. The Labute approximate surface area is 111 Å². The second-order valence-electron chi connectivity index (χ2n) is 4.81. The highest BCUT2D eigenvalue weighted by Gasteiger charge is 2.47. The van der Waals surface area contributed by atoms with Gasteiger partial charge in [-0.1, -0.05) is 13.8 Å². The van der Waals surface area contributed by atoms with Crippen molar-refractivity contribution in [1.29, 1.82) is 0 Å². The van der Waals surface area contributed by atoms with Gasteiger partial charge < -0.3 is 0 Å². The predicted molar refractivity (Wildman–Crippen MR) is 61.7 cm³/mol. The molecule has 0 spiro atoms. The Bertz CT molecular complexity index is 577. The Morgan fingerprint density at radius 1 is 1.00 bits per heavy atom. The third-order valence-electron chi connectivity index (χ3n) is 3.01. The Balaban J connectivity index is 2.20. The standard InChI is InChI=1S/C9H14O8S2/c1-5-3-15-19(13,14)17-8(5)7(10)9-6(2)4-18(11,12)16-9/h5-6,8-9H,3-4H2,1-2H3. The fraction of sp³-hybridized carbons (Fsp3) is 0.889. The minimum Gasteiger partial charge on any atom is -0.294 e. The smallest absolute Gasteiger partial charge is 0.294 e. The molecule has 8 nitrogen and oxygen atoms in total.